The van der Waals surface area contributed by atoms with Gasteiger partial charge in [0.1, 0.15) is 11.9 Å². The zero-order chi connectivity index (χ0) is 20.9. The molecule has 0 aromatic heterocycles. The van der Waals surface area contributed by atoms with E-state index >= 15 is 0 Å². The fourth-order valence-electron chi connectivity index (χ4n) is 3.06. The van der Waals surface area contributed by atoms with Crippen LogP contribution in [0.3, 0.4) is 0 Å². The summed E-state index contributed by atoms with van der Waals surface area (Å²) in [6.45, 7) is 7.07. The Morgan fingerprint density at radius 1 is 1.17 bits per heavy atom. The van der Waals surface area contributed by atoms with Crippen molar-refractivity contribution in [1.29, 1.82) is 0 Å². The van der Waals surface area contributed by atoms with Gasteiger partial charge in [0.05, 0.1) is 13.2 Å². The SMILES string of the molecule is Cc1cc(Cl)ccc1OCC(=O)OC(CC1OCC(C)(C)CO1)c1ccccc1. The smallest absolute Gasteiger partial charge is 0.344 e. The second-order valence-electron chi connectivity index (χ2n) is 8.04. The van der Waals surface area contributed by atoms with Gasteiger partial charge in [0.2, 0.25) is 0 Å². The number of halogens is 1. The molecule has 156 valence electrons. The molecular weight excluding hydrogens is 392 g/mol. The number of carbonyl (C=O) groups excluding carboxylic acids is 1. The number of rotatable bonds is 7. The van der Waals surface area contributed by atoms with Crippen molar-refractivity contribution >= 4 is 17.6 Å². The van der Waals surface area contributed by atoms with Gasteiger partial charge in [-0.2, -0.15) is 0 Å². The third kappa shape index (κ3) is 6.46. The molecule has 1 fully saturated rings. The summed E-state index contributed by atoms with van der Waals surface area (Å²) in [5.74, 6) is 0.146. The summed E-state index contributed by atoms with van der Waals surface area (Å²) < 4.78 is 23.0. The van der Waals surface area contributed by atoms with Gasteiger partial charge in [-0.15, -0.1) is 0 Å². The highest BCUT2D eigenvalue weighted by Gasteiger charge is 2.31. The average molecular weight is 419 g/mol. The number of ether oxygens (including phenoxy) is 4. The first-order valence-corrected chi connectivity index (χ1v) is 10.1. The van der Waals surface area contributed by atoms with Crippen LogP contribution in [0.25, 0.3) is 0 Å². The molecule has 5 nitrogen and oxygen atoms in total. The van der Waals surface area contributed by atoms with Crippen LogP contribution in [-0.4, -0.2) is 32.1 Å². The van der Waals surface area contributed by atoms with Crippen LogP contribution in [0, 0.1) is 12.3 Å². The zero-order valence-corrected chi connectivity index (χ0v) is 17.8. The van der Waals surface area contributed by atoms with Gasteiger partial charge in [-0.05, 0) is 36.2 Å². The molecule has 0 N–H and O–H groups in total. The summed E-state index contributed by atoms with van der Waals surface area (Å²) in [6.07, 6.45) is -0.475. The topological polar surface area (TPSA) is 54.0 Å². The van der Waals surface area contributed by atoms with E-state index in [0.717, 1.165) is 11.1 Å². The minimum Gasteiger partial charge on any atom is -0.482 e. The fourth-order valence-corrected chi connectivity index (χ4v) is 3.29. The number of carbonyl (C=O) groups is 1. The predicted octanol–water partition coefficient (Wildman–Crippen LogP) is 5.10. The highest BCUT2D eigenvalue weighted by molar-refractivity contribution is 6.30. The molecule has 1 aliphatic rings. The van der Waals surface area contributed by atoms with Crippen LogP contribution in [0.4, 0.5) is 0 Å². The van der Waals surface area contributed by atoms with Crippen molar-refractivity contribution in [3.8, 4) is 5.75 Å². The summed E-state index contributed by atoms with van der Waals surface area (Å²) in [6, 6.07) is 14.8. The van der Waals surface area contributed by atoms with Gasteiger partial charge in [0, 0.05) is 16.9 Å². The Balaban J connectivity index is 1.61. The molecule has 0 radical (unpaired) electrons. The summed E-state index contributed by atoms with van der Waals surface area (Å²) >= 11 is 5.96. The molecule has 0 saturated carbocycles. The van der Waals surface area contributed by atoms with Crippen molar-refractivity contribution in [1.82, 2.24) is 0 Å². The van der Waals surface area contributed by atoms with E-state index in [1.54, 1.807) is 18.2 Å². The van der Waals surface area contributed by atoms with E-state index in [1.807, 2.05) is 37.3 Å². The molecule has 6 heteroatoms. The van der Waals surface area contributed by atoms with E-state index in [-0.39, 0.29) is 12.0 Å². The molecular formula is C23H27ClO5. The molecule has 3 rings (SSSR count). The minimum absolute atomic E-state index is 0.0142. The largest absolute Gasteiger partial charge is 0.482 e. The standard InChI is InChI=1S/C23H27ClO5/c1-16-11-18(24)9-10-19(16)26-13-21(25)29-20(17-7-5-4-6-8-17)12-22-27-14-23(2,3)15-28-22/h4-11,20,22H,12-15H2,1-3H3. The molecule has 1 heterocycles. The number of hydrogen-bond donors (Lipinski definition) is 0. The summed E-state index contributed by atoms with van der Waals surface area (Å²) in [5.41, 5.74) is 1.73. The van der Waals surface area contributed by atoms with Crippen LogP contribution >= 0.6 is 11.6 Å². The molecule has 2 aromatic rings. The second kappa shape index (κ2) is 9.61. The monoisotopic (exact) mass is 418 g/mol. The highest BCUT2D eigenvalue weighted by atomic mass is 35.5. The molecule has 0 spiro atoms. The third-order valence-corrected chi connectivity index (χ3v) is 4.89. The van der Waals surface area contributed by atoms with Gasteiger partial charge in [-0.25, -0.2) is 4.79 Å². The average Bonchev–Trinajstić information content (AvgIpc) is 2.69. The van der Waals surface area contributed by atoms with E-state index in [2.05, 4.69) is 13.8 Å². The Bertz CT molecular complexity index is 811. The van der Waals surface area contributed by atoms with E-state index < -0.39 is 18.4 Å². The van der Waals surface area contributed by atoms with Crippen molar-refractivity contribution in [3.05, 3.63) is 64.7 Å². The normalized spacial score (nSPS) is 17.5. The quantitative estimate of drug-likeness (QED) is 0.585. The van der Waals surface area contributed by atoms with E-state index in [0.29, 0.717) is 30.4 Å². The van der Waals surface area contributed by atoms with Crippen LogP contribution in [-0.2, 0) is 19.0 Å². The van der Waals surface area contributed by atoms with Crippen molar-refractivity contribution in [2.45, 2.75) is 39.6 Å². The number of esters is 1. The third-order valence-electron chi connectivity index (χ3n) is 4.65. The number of benzene rings is 2. The van der Waals surface area contributed by atoms with Crippen LogP contribution in [0.15, 0.2) is 48.5 Å². The van der Waals surface area contributed by atoms with Crippen LogP contribution in [0.2, 0.25) is 5.02 Å². The summed E-state index contributed by atoms with van der Waals surface area (Å²) in [7, 11) is 0. The van der Waals surface area contributed by atoms with E-state index in [9.17, 15) is 4.79 Å². The summed E-state index contributed by atoms with van der Waals surface area (Å²) in [5, 5.41) is 0.622. The van der Waals surface area contributed by atoms with Crippen molar-refractivity contribution in [3.63, 3.8) is 0 Å². The van der Waals surface area contributed by atoms with Crippen molar-refractivity contribution in [2.24, 2.45) is 5.41 Å². The molecule has 1 aliphatic heterocycles. The van der Waals surface area contributed by atoms with Crippen molar-refractivity contribution in [2.75, 3.05) is 19.8 Å². The van der Waals surface area contributed by atoms with Crippen LogP contribution < -0.4 is 4.74 Å². The molecule has 0 amide bonds. The number of hydrogen-bond acceptors (Lipinski definition) is 5. The van der Waals surface area contributed by atoms with Gasteiger partial charge in [-0.1, -0.05) is 55.8 Å². The molecule has 1 saturated heterocycles. The highest BCUT2D eigenvalue weighted by Crippen LogP contribution is 2.30. The molecule has 0 aliphatic carbocycles. The lowest BCUT2D eigenvalue weighted by atomic mass is 9.95. The van der Waals surface area contributed by atoms with E-state index in [1.165, 1.54) is 0 Å². The molecule has 0 bridgehead atoms. The summed E-state index contributed by atoms with van der Waals surface area (Å²) in [4.78, 5) is 12.5. The first kappa shape index (κ1) is 21.6. The van der Waals surface area contributed by atoms with Gasteiger partial charge in [0.25, 0.3) is 0 Å². The van der Waals surface area contributed by atoms with Crippen molar-refractivity contribution < 1.29 is 23.7 Å². The Hall–Kier alpha value is -2.08. The van der Waals surface area contributed by atoms with Crippen LogP contribution in [0.5, 0.6) is 5.75 Å². The van der Waals surface area contributed by atoms with E-state index in [4.69, 9.17) is 30.5 Å². The lowest BCUT2D eigenvalue weighted by Gasteiger charge is -2.35. The lowest BCUT2D eigenvalue weighted by molar-refractivity contribution is -0.233. The first-order valence-electron chi connectivity index (χ1n) is 9.69. The lowest BCUT2D eigenvalue weighted by Crippen LogP contribution is -2.38. The Morgan fingerprint density at radius 3 is 2.52 bits per heavy atom. The molecule has 1 atom stereocenters. The molecule has 1 unspecified atom stereocenters. The fraction of sp³-hybridized carbons (Fsp3) is 0.435. The van der Waals surface area contributed by atoms with Crippen LogP contribution in [0.1, 0.15) is 37.5 Å². The molecule has 29 heavy (non-hydrogen) atoms. The van der Waals surface area contributed by atoms with Gasteiger partial charge < -0.3 is 18.9 Å². The van der Waals surface area contributed by atoms with Gasteiger partial charge in [0.15, 0.2) is 12.9 Å². The Morgan fingerprint density at radius 2 is 1.86 bits per heavy atom. The number of aryl methyl sites for hydroxylation is 1. The Labute approximate surface area is 176 Å². The maximum Gasteiger partial charge on any atom is 0.344 e. The minimum atomic E-state index is -0.482. The molecule has 2 aromatic carbocycles. The Kier molecular flexibility index (Phi) is 7.17. The van der Waals surface area contributed by atoms with Gasteiger partial charge in [-0.3, -0.25) is 0 Å². The maximum absolute atomic E-state index is 12.5. The zero-order valence-electron chi connectivity index (χ0n) is 17.0. The first-order chi connectivity index (χ1) is 13.8. The van der Waals surface area contributed by atoms with Gasteiger partial charge >= 0.3 is 5.97 Å². The maximum atomic E-state index is 12.5. The predicted molar refractivity (Wildman–Crippen MR) is 111 cm³/mol. The second-order valence-corrected chi connectivity index (χ2v) is 8.48.